The molecule has 2 aromatic rings. The summed E-state index contributed by atoms with van der Waals surface area (Å²) in [6.07, 6.45) is 0.944. The van der Waals surface area contributed by atoms with Crippen LogP contribution in [0.15, 0.2) is 41.3 Å². The number of rotatable bonds is 5. The minimum atomic E-state index is -0.693. The van der Waals surface area contributed by atoms with E-state index in [1.807, 2.05) is 0 Å². The van der Waals surface area contributed by atoms with Crippen molar-refractivity contribution in [3.8, 4) is 0 Å². The highest BCUT2D eigenvalue weighted by Crippen LogP contribution is 2.26. The van der Waals surface area contributed by atoms with Crippen molar-refractivity contribution in [2.24, 2.45) is 0 Å². The van der Waals surface area contributed by atoms with Gasteiger partial charge in [0.2, 0.25) is 5.91 Å². The van der Waals surface area contributed by atoms with Gasteiger partial charge in [0, 0.05) is 24.3 Å². The molecule has 10 nitrogen and oxygen atoms in total. The monoisotopic (exact) mass is 352 g/mol. The van der Waals surface area contributed by atoms with Gasteiger partial charge in [-0.15, -0.1) is 0 Å². The second kappa shape index (κ2) is 6.87. The molecular formula is C13H9ClN4O6. The molecule has 0 aliphatic carbocycles. The normalized spacial score (nSPS) is 10.2. The number of halogens is 1. The molecule has 0 bridgehead atoms. The Kier molecular flexibility index (Phi) is 4.90. The van der Waals surface area contributed by atoms with E-state index in [9.17, 15) is 29.8 Å². The molecule has 1 aromatic carbocycles. The van der Waals surface area contributed by atoms with Crippen molar-refractivity contribution in [3.63, 3.8) is 0 Å². The number of nitrogens with zero attached hydrogens (tertiary/aromatic N) is 3. The van der Waals surface area contributed by atoms with Crippen molar-refractivity contribution in [1.29, 1.82) is 0 Å². The zero-order valence-electron chi connectivity index (χ0n) is 11.8. The van der Waals surface area contributed by atoms with Crippen LogP contribution in [0.2, 0.25) is 5.02 Å². The minimum absolute atomic E-state index is 0.0519. The van der Waals surface area contributed by atoms with Crippen LogP contribution in [0.25, 0.3) is 0 Å². The maximum atomic E-state index is 12.0. The number of hydrogen-bond acceptors (Lipinski definition) is 6. The molecule has 0 atom stereocenters. The van der Waals surface area contributed by atoms with Gasteiger partial charge in [-0.25, -0.2) is 0 Å². The summed E-state index contributed by atoms with van der Waals surface area (Å²) >= 11 is 5.84. The van der Waals surface area contributed by atoms with E-state index in [1.165, 1.54) is 6.07 Å². The number of hydrogen-bond donors (Lipinski definition) is 1. The Hall–Kier alpha value is -3.27. The molecule has 0 aliphatic rings. The highest BCUT2D eigenvalue weighted by atomic mass is 35.5. The van der Waals surface area contributed by atoms with Gasteiger partial charge in [-0.05, 0) is 6.07 Å². The van der Waals surface area contributed by atoms with E-state index in [2.05, 4.69) is 5.32 Å². The maximum Gasteiger partial charge on any atom is 0.285 e. The second-order valence-corrected chi connectivity index (χ2v) is 4.99. The Labute approximate surface area is 138 Å². The molecule has 0 saturated heterocycles. The third-order valence-electron chi connectivity index (χ3n) is 2.93. The standard InChI is InChI=1S/C13H9ClN4O6/c14-10-5-8(17(21)22)1-3-11(10)15-12(19)7-16-6-9(18(23)24)2-4-13(16)20/h1-6H,7H2,(H,15,19). The predicted octanol–water partition coefficient (Wildman–Crippen LogP) is 1.96. The van der Waals surface area contributed by atoms with Crippen LogP contribution >= 0.6 is 11.6 Å². The molecule has 1 heterocycles. The van der Waals surface area contributed by atoms with Crippen LogP contribution < -0.4 is 10.9 Å². The largest absolute Gasteiger partial charge is 0.323 e. The van der Waals surface area contributed by atoms with E-state index in [0.717, 1.165) is 35.0 Å². The number of nitro groups is 2. The molecule has 0 radical (unpaired) electrons. The van der Waals surface area contributed by atoms with Gasteiger partial charge >= 0.3 is 0 Å². The molecule has 11 heteroatoms. The van der Waals surface area contributed by atoms with Gasteiger partial charge in [-0.3, -0.25) is 34.4 Å². The van der Waals surface area contributed by atoms with Crippen LogP contribution in [0.5, 0.6) is 0 Å². The van der Waals surface area contributed by atoms with Crippen molar-refractivity contribution in [2.45, 2.75) is 6.54 Å². The van der Waals surface area contributed by atoms with Crippen molar-refractivity contribution in [2.75, 3.05) is 5.32 Å². The highest BCUT2D eigenvalue weighted by molar-refractivity contribution is 6.33. The molecule has 0 aliphatic heterocycles. The first-order valence-electron chi connectivity index (χ1n) is 6.36. The van der Waals surface area contributed by atoms with E-state index in [-0.39, 0.29) is 22.1 Å². The van der Waals surface area contributed by atoms with Gasteiger partial charge in [0.15, 0.2) is 0 Å². The molecule has 2 rings (SSSR count). The van der Waals surface area contributed by atoms with Gasteiger partial charge in [-0.2, -0.15) is 0 Å². The maximum absolute atomic E-state index is 12.0. The summed E-state index contributed by atoms with van der Waals surface area (Å²) in [5.74, 6) is -0.673. The molecular weight excluding hydrogens is 344 g/mol. The number of carbonyl (C=O) groups excluding carboxylic acids is 1. The molecule has 0 spiro atoms. The Balaban J connectivity index is 2.17. The summed E-state index contributed by atoms with van der Waals surface area (Å²) in [6, 6.07) is 5.47. The molecule has 1 amide bonds. The Morgan fingerprint density at radius 1 is 1.12 bits per heavy atom. The first-order chi connectivity index (χ1) is 11.3. The van der Waals surface area contributed by atoms with Crippen molar-refractivity contribution in [3.05, 3.63) is 72.1 Å². The average molecular weight is 353 g/mol. The molecule has 24 heavy (non-hydrogen) atoms. The topological polar surface area (TPSA) is 137 Å². The summed E-state index contributed by atoms with van der Waals surface area (Å²) in [5, 5.41) is 23.6. The van der Waals surface area contributed by atoms with Crippen molar-refractivity contribution >= 4 is 34.6 Å². The van der Waals surface area contributed by atoms with Gasteiger partial charge in [0.05, 0.1) is 26.8 Å². The summed E-state index contributed by atoms with van der Waals surface area (Å²) in [4.78, 5) is 43.6. The third-order valence-corrected chi connectivity index (χ3v) is 3.24. The Morgan fingerprint density at radius 3 is 2.33 bits per heavy atom. The third kappa shape index (κ3) is 3.93. The number of non-ortho nitro benzene ring substituents is 1. The van der Waals surface area contributed by atoms with Gasteiger partial charge in [0.1, 0.15) is 6.54 Å². The lowest BCUT2D eigenvalue weighted by atomic mass is 10.3. The lowest BCUT2D eigenvalue weighted by molar-refractivity contribution is -0.385. The number of amides is 1. The Bertz CT molecular complexity index is 894. The smallest absolute Gasteiger partial charge is 0.285 e. The average Bonchev–Trinajstić information content (AvgIpc) is 2.51. The summed E-state index contributed by atoms with van der Waals surface area (Å²) in [5.41, 5.74) is -1.06. The van der Waals surface area contributed by atoms with Crippen molar-refractivity contribution in [1.82, 2.24) is 4.57 Å². The van der Waals surface area contributed by atoms with Crippen LogP contribution in [0, 0.1) is 20.2 Å². The Morgan fingerprint density at radius 2 is 1.75 bits per heavy atom. The fourth-order valence-electron chi connectivity index (χ4n) is 1.81. The number of pyridine rings is 1. The molecule has 1 N–H and O–H groups in total. The van der Waals surface area contributed by atoms with Crippen molar-refractivity contribution < 1.29 is 14.6 Å². The number of nitro benzene ring substituents is 1. The van der Waals surface area contributed by atoms with Gasteiger partial charge in [0.25, 0.3) is 16.9 Å². The van der Waals surface area contributed by atoms with E-state index < -0.39 is 27.9 Å². The van der Waals surface area contributed by atoms with Crippen LogP contribution in [0.3, 0.4) is 0 Å². The highest BCUT2D eigenvalue weighted by Gasteiger charge is 2.14. The molecule has 0 saturated carbocycles. The van der Waals surface area contributed by atoms with E-state index >= 15 is 0 Å². The minimum Gasteiger partial charge on any atom is -0.323 e. The molecule has 0 fully saturated rings. The van der Waals surface area contributed by atoms with Crippen LogP contribution in [0.4, 0.5) is 17.1 Å². The van der Waals surface area contributed by atoms with Gasteiger partial charge in [-0.1, -0.05) is 11.6 Å². The fourth-order valence-corrected chi connectivity index (χ4v) is 2.04. The number of aromatic nitrogens is 1. The predicted molar refractivity (Wildman–Crippen MR) is 84.1 cm³/mol. The van der Waals surface area contributed by atoms with Crippen LogP contribution in [-0.2, 0) is 11.3 Å². The number of carbonyl (C=O) groups is 1. The number of nitrogens with one attached hydrogen (secondary N) is 1. The second-order valence-electron chi connectivity index (χ2n) is 4.58. The summed E-state index contributed by atoms with van der Waals surface area (Å²) < 4.78 is 0.868. The first-order valence-corrected chi connectivity index (χ1v) is 6.74. The van der Waals surface area contributed by atoms with Crippen LogP contribution in [-0.4, -0.2) is 20.3 Å². The fraction of sp³-hybridized carbons (Fsp3) is 0.0769. The van der Waals surface area contributed by atoms with E-state index in [0.29, 0.717) is 0 Å². The SMILES string of the molecule is O=C(Cn1cc([N+](=O)[O-])ccc1=O)Nc1ccc([N+](=O)[O-])cc1Cl. The zero-order valence-corrected chi connectivity index (χ0v) is 12.6. The number of anilines is 1. The summed E-state index contributed by atoms with van der Waals surface area (Å²) in [7, 11) is 0. The molecule has 1 aromatic heterocycles. The van der Waals surface area contributed by atoms with E-state index in [4.69, 9.17) is 11.6 Å². The lowest BCUT2D eigenvalue weighted by Crippen LogP contribution is -2.27. The van der Waals surface area contributed by atoms with E-state index in [1.54, 1.807) is 0 Å². The quantitative estimate of drug-likeness (QED) is 0.644. The van der Waals surface area contributed by atoms with Gasteiger partial charge < -0.3 is 5.32 Å². The zero-order chi connectivity index (χ0) is 17.9. The molecule has 124 valence electrons. The lowest BCUT2D eigenvalue weighted by Gasteiger charge is -2.08. The van der Waals surface area contributed by atoms with Crippen LogP contribution in [0.1, 0.15) is 0 Å². The first kappa shape index (κ1) is 17.1. The summed E-state index contributed by atoms with van der Waals surface area (Å²) in [6.45, 7) is -0.478. The number of benzene rings is 1. The molecule has 0 unspecified atom stereocenters.